The van der Waals surface area contributed by atoms with Gasteiger partial charge in [0, 0.05) is 24.9 Å². The molecule has 0 radical (unpaired) electrons. The minimum Gasteiger partial charge on any atom is -0.480 e. The van der Waals surface area contributed by atoms with Crippen LogP contribution in [0.15, 0.2) is 17.5 Å². The monoisotopic (exact) mass is 442 g/mol. The molecule has 1 aromatic rings. The second-order valence-electron chi connectivity index (χ2n) is 6.58. The highest BCUT2D eigenvalue weighted by Gasteiger charge is 2.27. The SMILES string of the molecule is CSCCC(NC(=O)C(N)Cc1cnc[nH]1)C(=O)NC(CCCN=C(N)N)C(=O)O. The molecule has 168 valence electrons. The molecule has 0 aromatic carbocycles. The van der Waals surface area contributed by atoms with E-state index in [9.17, 15) is 19.5 Å². The van der Waals surface area contributed by atoms with Gasteiger partial charge in [-0.05, 0) is 31.3 Å². The average molecular weight is 443 g/mol. The number of nitrogens with one attached hydrogen (secondary N) is 3. The molecular weight excluding hydrogens is 412 g/mol. The topological polar surface area (TPSA) is 215 Å². The molecule has 12 nitrogen and oxygen atoms in total. The van der Waals surface area contributed by atoms with Gasteiger partial charge < -0.3 is 37.9 Å². The van der Waals surface area contributed by atoms with Crippen LogP contribution in [-0.2, 0) is 20.8 Å². The van der Waals surface area contributed by atoms with Crippen LogP contribution in [0.4, 0.5) is 0 Å². The third-order valence-electron chi connectivity index (χ3n) is 4.13. The Labute approximate surface area is 178 Å². The van der Waals surface area contributed by atoms with Gasteiger partial charge in [0.2, 0.25) is 11.8 Å². The van der Waals surface area contributed by atoms with Crippen molar-refractivity contribution in [3.8, 4) is 0 Å². The number of carboxylic acid groups (broad SMARTS) is 1. The summed E-state index contributed by atoms with van der Waals surface area (Å²) in [5.41, 5.74) is 17.1. The fraction of sp³-hybridized carbons (Fsp3) is 0.588. The molecule has 3 atom stereocenters. The summed E-state index contributed by atoms with van der Waals surface area (Å²) >= 11 is 1.50. The van der Waals surface area contributed by atoms with Gasteiger partial charge in [-0.3, -0.25) is 14.6 Å². The summed E-state index contributed by atoms with van der Waals surface area (Å²) in [5, 5.41) is 14.5. The highest BCUT2D eigenvalue weighted by atomic mass is 32.2. The fourth-order valence-corrected chi connectivity index (χ4v) is 3.01. The van der Waals surface area contributed by atoms with E-state index in [2.05, 4.69) is 25.6 Å². The van der Waals surface area contributed by atoms with Crippen LogP contribution in [0, 0.1) is 0 Å². The molecule has 0 saturated heterocycles. The van der Waals surface area contributed by atoms with Crippen LogP contribution >= 0.6 is 11.8 Å². The summed E-state index contributed by atoms with van der Waals surface area (Å²) in [5.74, 6) is -1.77. The van der Waals surface area contributed by atoms with Gasteiger partial charge in [0.05, 0.1) is 12.4 Å². The Kier molecular flexibility index (Phi) is 11.3. The molecule has 1 rings (SSSR count). The number of thioether (sulfide) groups is 1. The molecule has 3 unspecified atom stereocenters. The van der Waals surface area contributed by atoms with Crippen LogP contribution in [0.3, 0.4) is 0 Å². The van der Waals surface area contributed by atoms with E-state index in [1.807, 2.05) is 6.26 Å². The summed E-state index contributed by atoms with van der Waals surface area (Å²) in [6.45, 7) is 0.247. The van der Waals surface area contributed by atoms with Crippen molar-refractivity contribution < 1.29 is 19.5 Å². The Morgan fingerprint density at radius 3 is 2.50 bits per heavy atom. The standard InChI is InChI=1S/C17H30N8O4S/c1-30-6-4-12(24-14(26)11(18)7-10-8-21-9-23-10)15(27)25-13(16(28)29)3-2-5-22-17(19)20/h8-9,11-13H,2-7,18H2,1H3,(H,21,23)(H,24,26)(H,25,27)(H,28,29)(H4,19,20,22). The Hall–Kier alpha value is -2.80. The molecule has 0 aliphatic heterocycles. The Morgan fingerprint density at radius 1 is 1.23 bits per heavy atom. The average Bonchev–Trinajstić information content (AvgIpc) is 3.19. The van der Waals surface area contributed by atoms with E-state index in [0.717, 1.165) is 0 Å². The van der Waals surface area contributed by atoms with Gasteiger partial charge in [0.15, 0.2) is 5.96 Å². The predicted octanol–water partition coefficient (Wildman–Crippen LogP) is -1.86. The number of rotatable bonds is 14. The van der Waals surface area contributed by atoms with Crippen LogP contribution in [0.1, 0.15) is 25.0 Å². The van der Waals surface area contributed by atoms with Gasteiger partial charge in [-0.2, -0.15) is 11.8 Å². The zero-order valence-electron chi connectivity index (χ0n) is 16.8. The van der Waals surface area contributed by atoms with Crippen molar-refractivity contribution in [2.45, 2.75) is 43.8 Å². The smallest absolute Gasteiger partial charge is 0.326 e. The molecule has 13 heteroatoms. The molecule has 1 heterocycles. The molecule has 0 fully saturated rings. The summed E-state index contributed by atoms with van der Waals surface area (Å²) in [7, 11) is 0. The first kappa shape index (κ1) is 25.2. The highest BCUT2D eigenvalue weighted by molar-refractivity contribution is 7.98. The molecule has 2 amide bonds. The number of guanidine groups is 1. The van der Waals surface area contributed by atoms with Gasteiger partial charge in [0.1, 0.15) is 12.1 Å². The molecule has 1 aromatic heterocycles. The van der Waals surface area contributed by atoms with E-state index >= 15 is 0 Å². The highest BCUT2D eigenvalue weighted by Crippen LogP contribution is 2.05. The molecular formula is C17H30N8O4S. The summed E-state index contributed by atoms with van der Waals surface area (Å²) < 4.78 is 0. The van der Waals surface area contributed by atoms with Gasteiger partial charge in [-0.15, -0.1) is 0 Å². The van der Waals surface area contributed by atoms with Crippen LogP contribution in [-0.4, -0.2) is 75.5 Å². The maximum Gasteiger partial charge on any atom is 0.326 e. The van der Waals surface area contributed by atoms with Crippen LogP contribution in [0.2, 0.25) is 0 Å². The number of carboxylic acids is 1. The number of nitrogens with zero attached hydrogens (tertiary/aromatic N) is 2. The van der Waals surface area contributed by atoms with E-state index in [0.29, 0.717) is 24.3 Å². The number of hydrogen-bond donors (Lipinski definition) is 7. The van der Waals surface area contributed by atoms with E-state index in [-0.39, 0.29) is 25.3 Å². The minimum atomic E-state index is -1.18. The molecule has 0 bridgehead atoms. The first-order chi connectivity index (χ1) is 14.2. The van der Waals surface area contributed by atoms with Crippen LogP contribution < -0.4 is 27.8 Å². The molecule has 0 saturated carbocycles. The normalized spacial score (nSPS) is 13.7. The molecule has 10 N–H and O–H groups in total. The molecule has 0 aliphatic carbocycles. The lowest BCUT2D eigenvalue weighted by atomic mass is 10.1. The lowest BCUT2D eigenvalue weighted by Crippen LogP contribution is -2.55. The summed E-state index contributed by atoms with van der Waals surface area (Å²) in [6, 6.07) is -2.92. The Bertz CT molecular complexity index is 709. The molecule has 30 heavy (non-hydrogen) atoms. The lowest BCUT2D eigenvalue weighted by Gasteiger charge is -2.22. The number of hydrogen-bond acceptors (Lipinski definition) is 7. The van der Waals surface area contributed by atoms with Crippen molar-refractivity contribution in [1.82, 2.24) is 20.6 Å². The first-order valence-corrected chi connectivity index (χ1v) is 10.7. The second kappa shape index (κ2) is 13.4. The maximum atomic E-state index is 12.7. The van der Waals surface area contributed by atoms with Crippen molar-refractivity contribution in [3.05, 3.63) is 18.2 Å². The van der Waals surface area contributed by atoms with Crippen molar-refractivity contribution in [2.24, 2.45) is 22.2 Å². The number of aliphatic imine (C=N–C) groups is 1. The lowest BCUT2D eigenvalue weighted by molar-refractivity contribution is -0.142. The summed E-state index contributed by atoms with van der Waals surface area (Å²) in [4.78, 5) is 47.1. The number of amides is 2. The summed E-state index contributed by atoms with van der Waals surface area (Å²) in [6.07, 6.45) is 5.97. The fourth-order valence-electron chi connectivity index (χ4n) is 2.54. The number of aromatic nitrogens is 2. The minimum absolute atomic E-state index is 0.0859. The Morgan fingerprint density at radius 2 is 1.93 bits per heavy atom. The predicted molar refractivity (Wildman–Crippen MR) is 115 cm³/mol. The number of aromatic amines is 1. The first-order valence-electron chi connectivity index (χ1n) is 9.35. The van der Waals surface area contributed by atoms with Gasteiger partial charge in [-0.1, -0.05) is 0 Å². The third kappa shape index (κ3) is 9.60. The maximum absolute atomic E-state index is 12.7. The number of aliphatic carboxylic acids is 1. The van der Waals surface area contributed by atoms with E-state index in [4.69, 9.17) is 17.2 Å². The Balaban J connectivity index is 2.69. The molecule has 0 spiro atoms. The van der Waals surface area contributed by atoms with E-state index < -0.39 is 35.9 Å². The van der Waals surface area contributed by atoms with Gasteiger partial charge >= 0.3 is 5.97 Å². The quantitative estimate of drug-likeness (QED) is 0.0975. The van der Waals surface area contributed by atoms with Crippen molar-refractivity contribution >= 4 is 35.5 Å². The third-order valence-corrected chi connectivity index (χ3v) is 4.78. The zero-order valence-corrected chi connectivity index (χ0v) is 17.7. The zero-order chi connectivity index (χ0) is 22.5. The van der Waals surface area contributed by atoms with Crippen molar-refractivity contribution in [2.75, 3.05) is 18.6 Å². The van der Waals surface area contributed by atoms with E-state index in [1.165, 1.54) is 18.1 Å². The number of nitrogens with two attached hydrogens (primary N) is 3. The van der Waals surface area contributed by atoms with Crippen molar-refractivity contribution in [3.63, 3.8) is 0 Å². The molecule has 0 aliphatic rings. The van der Waals surface area contributed by atoms with Crippen LogP contribution in [0.25, 0.3) is 0 Å². The second-order valence-corrected chi connectivity index (χ2v) is 7.56. The van der Waals surface area contributed by atoms with E-state index in [1.54, 1.807) is 6.20 Å². The van der Waals surface area contributed by atoms with Crippen molar-refractivity contribution in [1.29, 1.82) is 0 Å². The number of carbonyl (C=O) groups is 3. The van der Waals surface area contributed by atoms with Crippen LogP contribution in [0.5, 0.6) is 0 Å². The number of imidazole rings is 1. The number of carbonyl (C=O) groups excluding carboxylic acids is 2. The van der Waals surface area contributed by atoms with Gasteiger partial charge in [-0.25, -0.2) is 9.78 Å². The largest absolute Gasteiger partial charge is 0.480 e. The number of H-pyrrole nitrogens is 1. The van der Waals surface area contributed by atoms with Gasteiger partial charge in [0.25, 0.3) is 0 Å².